The van der Waals surface area contributed by atoms with Crippen molar-refractivity contribution in [3.63, 3.8) is 0 Å². The maximum Gasteiger partial charge on any atom is 0.229 e. The Morgan fingerprint density at radius 1 is 0.971 bits per heavy atom. The molecule has 34 heavy (non-hydrogen) atoms. The van der Waals surface area contributed by atoms with Gasteiger partial charge in [-0.05, 0) is 12.1 Å². The predicted octanol–water partition coefficient (Wildman–Crippen LogP) is 0.361. The van der Waals surface area contributed by atoms with Crippen LogP contribution in [-0.4, -0.2) is 77.1 Å². The van der Waals surface area contributed by atoms with E-state index in [-0.39, 0.29) is 45.3 Å². The Kier molecular flexibility index (Phi) is 6.64. The zero-order valence-electron chi connectivity index (χ0n) is 18.2. The minimum Gasteiger partial charge on any atom is -0.507 e. The van der Waals surface area contributed by atoms with Gasteiger partial charge in [0.2, 0.25) is 12.0 Å². The molecule has 0 spiro atoms. The number of ether oxygens (including phenoxy) is 4. The molecule has 4 rings (SSSR count). The van der Waals surface area contributed by atoms with E-state index >= 15 is 0 Å². The molecule has 2 unspecified atom stereocenters. The van der Waals surface area contributed by atoms with E-state index in [1.54, 1.807) is 18.2 Å². The summed E-state index contributed by atoms with van der Waals surface area (Å²) in [5, 5.41) is 49.9. The van der Waals surface area contributed by atoms with Crippen LogP contribution in [0.15, 0.2) is 45.6 Å². The highest BCUT2D eigenvalue weighted by Crippen LogP contribution is 2.42. The van der Waals surface area contributed by atoms with Crippen LogP contribution in [0.1, 0.15) is 0 Å². The summed E-state index contributed by atoms with van der Waals surface area (Å²) in [7, 11) is 2.73. The molecule has 1 aliphatic heterocycles. The van der Waals surface area contributed by atoms with E-state index in [1.807, 2.05) is 0 Å². The summed E-state index contributed by atoms with van der Waals surface area (Å²) in [6, 6.07) is 8.77. The molecule has 1 saturated heterocycles. The number of phenolic OH excluding ortho intramolecular Hbond substituents is 1. The lowest BCUT2D eigenvalue weighted by molar-refractivity contribution is -0.277. The lowest BCUT2D eigenvalue weighted by atomic mass is 9.99. The Morgan fingerprint density at radius 2 is 1.71 bits per heavy atom. The van der Waals surface area contributed by atoms with Crippen molar-refractivity contribution < 1.29 is 48.9 Å². The fourth-order valence-corrected chi connectivity index (χ4v) is 3.81. The van der Waals surface area contributed by atoms with Crippen molar-refractivity contribution in [2.24, 2.45) is 0 Å². The van der Waals surface area contributed by atoms with Gasteiger partial charge in [-0.2, -0.15) is 0 Å². The zero-order chi connectivity index (χ0) is 24.6. The smallest absolute Gasteiger partial charge is 0.229 e. The first-order chi connectivity index (χ1) is 16.3. The van der Waals surface area contributed by atoms with Crippen molar-refractivity contribution >= 4 is 11.0 Å². The van der Waals surface area contributed by atoms with Crippen molar-refractivity contribution in [1.29, 1.82) is 0 Å². The first kappa shape index (κ1) is 23.8. The average molecular weight is 476 g/mol. The summed E-state index contributed by atoms with van der Waals surface area (Å²) >= 11 is 0. The zero-order valence-corrected chi connectivity index (χ0v) is 18.2. The molecule has 11 heteroatoms. The Balaban J connectivity index is 1.80. The number of aromatic hydroxyl groups is 1. The second-order valence-electron chi connectivity index (χ2n) is 7.62. The van der Waals surface area contributed by atoms with Gasteiger partial charge in [0.1, 0.15) is 47.1 Å². The van der Waals surface area contributed by atoms with Gasteiger partial charge in [0.15, 0.2) is 16.8 Å². The number of fused-ring (bicyclic) bond motifs is 1. The Bertz CT molecular complexity index is 1240. The largest absolute Gasteiger partial charge is 0.507 e. The highest BCUT2D eigenvalue weighted by atomic mass is 16.7. The van der Waals surface area contributed by atoms with Crippen LogP contribution in [0.3, 0.4) is 0 Å². The highest BCUT2D eigenvalue weighted by molar-refractivity contribution is 5.92. The van der Waals surface area contributed by atoms with Gasteiger partial charge >= 0.3 is 0 Å². The Labute approximate surface area is 192 Å². The van der Waals surface area contributed by atoms with Crippen LogP contribution in [0.25, 0.3) is 22.3 Å². The van der Waals surface area contributed by atoms with Gasteiger partial charge in [0, 0.05) is 12.1 Å². The van der Waals surface area contributed by atoms with E-state index < -0.39 is 42.7 Å². The van der Waals surface area contributed by atoms with Crippen molar-refractivity contribution in [3.8, 4) is 34.3 Å². The number of aliphatic hydroxyl groups is 4. The quantitative estimate of drug-likeness (QED) is 0.333. The molecule has 5 atom stereocenters. The van der Waals surface area contributed by atoms with E-state index in [1.165, 1.54) is 26.4 Å². The van der Waals surface area contributed by atoms with E-state index in [2.05, 4.69) is 0 Å². The highest BCUT2D eigenvalue weighted by Gasteiger charge is 2.45. The van der Waals surface area contributed by atoms with Crippen LogP contribution in [-0.2, 0) is 4.74 Å². The van der Waals surface area contributed by atoms with Crippen LogP contribution in [0.2, 0.25) is 0 Å². The molecule has 5 N–H and O–H groups in total. The van der Waals surface area contributed by atoms with E-state index in [4.69, 9.17) is 23.4 Å². The third-order valence-corrected chi connectivity index (χ3v) is 5.57. The molecule has 0 aliphatic carbocycles. The van der Waals surface area contributed by atoms with Crippen LogP contribution >= 0.6 is 0 Å². The van der Waals surface area contributed by atoms with Gasteiger partial charge in [0.25, 0.3) is 0 Å². The molecule has 1 aliphatic rings. The lowest BCUT2D eigenvalue weighted by Crippen LogP contribution is -2.60. The normalized spacial score (nSPS) is 24.7. The maximum atomic E-state index is 12.9. The molecule has 11 nitrogen and oxygen atoms in total. The summed E-state index contributed by atoms with van der Waals surface area (Å²) in [4.78, 5) is 12.9. The van der Waals surface area contributed by atoms with Gasteiger partial charge in [0.05, 0.1) is 26.4 Å². The van der Waals surface area contributed by atoms with Crippen molar-refractivity contribution in [3.05, 3.63) is 46.6 Å². The second kappa shape index (κ2) is 9.49. The van der Waals surface area contributed by atoms with Crippen LogP contribution in [0.4, 0.5) is 0 Å². The molecule has 1 aromatic heterocycles. The van der Waals surface area contributed by atoms with Gasteiger partial charge in [-0.15, -0.1) is 0 Å². The van der Waals surface area contributed by atoms with Crippen molar-refractivity contribution in [2.75, 3.05) is 20.8 Å². The van der Waals surface area contributed by atoms with Crippen LogP contribution in [0.5, 0.6) is 23.0 Å². The summed E-state index contributed by atoms with van der Waals surface area (Å²) in [6.45, 7) is -0.614. The molecular formula is C23H24O11. The first-order valence-electron chi connectivity index (χ1n) is 10.3. The molecule has 2 heterocycles. The Hall–Kier alpha value is -3.35. The molecule has 3 aromatic rings. The number of benzene rings is 2. The summed E-state index contributed by atoms with van der Waals surface area (Å²) in [5.41, 5.74) is -0.329. The minimum atomic E-state index is -1.63. The van der Waals surface area contributed by atoms with Crippen LogP contribution in [0, 0.1) is 0 Å². The predicted molar refractivity (Wildman–Crippen MR) is 117 cm³/mol. The molecule has 0 saturated carbocycles. The van der Waals surface area contributed by atoms with E-state index in [9.17, 15) is 30.3 Å². The third-order valence-electron chi connectivity index (χ3n) is 5.57. The number of phenols is 1. The first-order valence-corrected chi connectivity index (χ1v) is 10.3. The molecule has 182 valence electrons. The van der Waals surface area contributed by atoms with Crippen molar-refractivity contribution in [2.45, 2.75) is 30.7 Å². The number of rotatable bonds is 6. The standard InChI is InChI=1S/C23H24O11/c1-30-15-8-12(26)17-11(25)7-14(32-22(17)21(15)31-2)10-5-3-4-6-13(10)33-23-20(29)19(28)18(27)16(9-24)34-23/h3-8,16,18-20,23-24,26-29H,9H2,1-2H3/t16?,18-,19+,20?,23-/m1/s1. The van der Waals surface area contributed by atoms with Gasteiger partial charge in [-0.3, -0.25) is 4.79 Å². The summed E-state index contributed by atoms with van der Waals surface area (Å²) in [6.07, 6.45) is -7.39. The average Bonchev–Trinajstić information content (AvgIpc) is 2.84. The Morgan fingerprint density at radius 3 is 2.38 bits per heavy atom. The fraction of sp³-hybridized carbons (Fsp3) is 0.348. The molecule has 1 fully saturated rings. The second-order valence-corrected chi connectivity index (χ2v) is 7.62. The number of para-hydroxylation sites is 1. The number of methoxy groups -OCH3 is 2. The van der Waals surface area contributed by atoms with Gasteiger partial charge in [-0.25, -0.2) is 0 Å². The fourth-order valence-electron chi connectivity index (χ4n) is 3.81. The van der Waals surface area contributed by atoms with Gasteiger partial charge in [-0.1, -0.05) is 12.1 Å². The minimum absolute atomic E-state index is 0.0450. The molecule has 0 bridgehead atoms. The molecule has 2 aromatic carbocycles. The molecule has 0 radical (unpaired) electrons. The number of hydrogen-bond acceptors (Lipinski definition) is 11. The van der Waals surface area contributed by atoms with E-state index in [0.29, 0.717) is 0 Å². The number of hydrogen-bond donors (Lipinski definition) is 5. The third kappa shape index (κ3) is 4.04. The molecular weight excluding hydrogens is 452 g/mol. The van der Waals surface area contributed by atoms with E-state index in [0.717, 1.165) is 6.07 Å². The van der Waals surface area contributed by atoms with Gasteiger partial charge < -0.3 is 48.9 Å². The lowest BCUT2D eigenvalue weighted by Gasteiger charge is -2.39. The topological polar surface area (TPSA) is 168 Å². The monoisotopic (exact) mass is 476 g/mol. The SMILES string of the molecule is COc1cc(O)c2c(=O)cc(-c3ccccc3O[C@@H]3OC(CO)[C@@H](O)[C@H](O)C3O)oc2c1OC. The van der Waals surface area contributed by atoms with Crippen LogP contribution < -0.4 is 19.6 Å². The maximum absolute atomic E-state index is 12.9. The number of aliphatic hydroxyl groups excluding tert-OH is 4. The summed E-state index contributed by atoms with van der Waals surface area (Å²) < 4.78 is 27.6. The molecule has 0 amide bonds. The summed E-state index contributed by atoms with van der Waals surface area (Å²) in [5.74, 6) is 0.0584. The van der Waals surface area contributed by atoms with Crippen molar-refractivity contribution in [1.82, 2.24) is 0 Å².